The van der Waals surface area contributed by atoms with Gasteiger partial charge in [0.1, 0.15) is 10.8 Å². The molecule has 0 spiro atoms. The SMILES string of the molecule is O=C(O)C(CNCc1nc2ccc(F)cc2s1)C1CCOCC1. The third kappa shape index (κ3) is 4.04. The molecule has 0 amide bonds. The van der Waals surface area contributed by atoms with Gasteiger partial charge >= 0.3 is 5.97 Å². The molecule has 3 rings (SSSR count). The van der Waals surface area contributed by atoms with E-state index in [-0.39, 0.29) is 11.7 Å². The molecule has 2 heterocycles. The van der Waals surface area contributed by atoms with Crippen LogP contribution >= 0.6 is 11.3 Å². The first-order valence-electron chi connectivity index (χ1n) is 7.69. The third-order valence-corrected chi connectivity index (χ3v) is 5.21. The zero-order valence-electron chi connectivity index (χ0n) is 12.6. The van der Waals surface area contributed by atoms with Crippen LogP contribution in [0.4, 0.5) is 4.39 Å². The number of hydrogen-bond acceptors (Lipinski definition) is 5. The second-order valence-electron chi connectivity index (χ2n) is 5.75. The van der Waals surface area contributed by atoms with Crippen LogP contribution in [0.5, 0.6) is 0 Å². The van der Waals surface area contributed by atoms with E-state index in [1.807, 2.05) is 0 Å². The highest BCUT2D eigenvalue weighted by Crippen LogP contribution is 2.25. The summed E-state index contributed by atoms with van der Waals surface area (Å²) >= 11 is 1.43. The minimum absolute atomic E-state index is 0.151. The van der Waals surface area contributed by atoms with E-state index < -0.39 is 11.9 Å². The van der Waals surface area contributed by atoms with E-state index in [9.17, 15) is 14.3 Å². The number of carboxylic acids is 1. The highest BCUT2D eigenvalue weighted by atomic mass is 32.1. The third-order valence-electron chi connectivity index (χ3n) is 4.19. The van der Waals surface area contributed by atoms with Gasteiger partial charge in [-0.15, -0.1) is 11.3 Å². The van der Waals surface area contributed by atoms with Gasteiger partial charge in [-0.3, -0.25) is 4.79 Å². The van der Waals surface area contributed by atoms with Crippen LogP contribution in [0.25, 0.3) is 10.2 Å². The number of ether oxygens (including phenoxy) is 1. The van der Waals surface area contributed by atoms with E-state index in [0.717, 1.165) is 28.1 Å². The van der Waals surface area contributed by atoms with Crippen molar-refractivity contribution >= 4 is 27.5 Å². The molecule has 1 unspecified atom stereocenters. The molecule has 0 aliphatic carbocycles. The van der Waals surface area contributed by atoms with Crippen molar-refractivity contribution in [3.63, 3.8) is 0 Å². The Hall–Kier alpha value is -1.57. The highest BCUT2D eigenvalue weighted by Gasteiger charge is 2.29. The van der Waals surface area contributed by atoms with E-state index in [0.29, 0.717) is 26.3 Å². The first-order valence-corrected chi connectivity index (χ1v) is 8.51. The number of halogens is 1. The summed E-state index contributed by atoms with van der Waals surface area (Å²) < 4.78 is 19.3. The Morgan fingerprint density at radius 2 is 2.26 bits per heavy atom. The predicted octanol–water partition coefficient (Wildman–Crippen LogP) is 2.65. The number of benzene rings is 1. The summed E-state index contributed by atoms with van der Waals surface area (Å²) in [6.45, 7) is 2.17. The maximum atomic E-state index is 13.2. The lowest BCUT2D eigenvalue weighted by atomic mass is 9.86. The van der Waals surface area contributed by atoms with Crippen molar-refractivity contribution < 1.29 is 19.0 Å². The van der Waals surface area contributed by atoms with E-state index in [4.69, 9.17) is 4.74 Å². The van der Waals surface area contributed by atoms with Gasteiger partial charge in [-0.05, 0) is 37.0 Å². The first kappa shape index (κ1) is 16.3. The van der Waals surface area contributed by atoms with E-state index in [2.05, 4.69) is 10.3 Å². The van der Waals surface area contributed by atoms with Crippen LogP contribution in [-0.2, 0) is 16.1 Å². The highest BCUT2D eigenvalue weighted by molar-refractivity contribution is 7.18. The molecule has 0 saturated carbocycles. The minimum atomic E-state index is -0.768. The van der Waals surface area contributed by atoms with Gasteiger partial charge in [0.15, 0.2) is 0 Å². The monoisotopic (exact) mass is 338 g/mol. The number of hydrogen-bond donors (Lipinski definition) is 2. The van der Waals surface area contributed by atoms with E-state index >= 15 is 0 Å². The predicted molar refractivity (Wildman–Crippen MR) is 86.0 cm³/mol. The number of aliphatic carboxylic acids is 1. The van der Waals surface area contributed by atoms with Gasteiger partial charge in [0.25, 0.3) is 0 Å². The molecular formula is C16H19FN2O3S. The summed E-state index contributed by atoms with van der Waals surface area (Å²) in [6, 6.07) is 4.52. The summed E-state index contributed by atoms with van der Waals surface area (Å²) in [5.74, 6) is -1.30. The Bertz CT molecular complexity index is 685. The fraction of sp³-hybridized carbons (Fsp3) is 0.500. The normalized spacial score (nSPS) is 17.4. The summed E-state index contributed by atoms with van der Waals surface area (Å²) in [5, 5.41) is 13.5. The van der Waals surface area contributed by atoms with Crippen LogP contribution < -0.4 is 5.32 Å². The van der Waals surface area contributed by atoms with Gasteiger partial charge in [0.2, 0.25) is 0 Å². The average molecular weight is 338 g/mol. The minimum Gasteiger partial charge on any atom is -0.481 e. The molecule has 1 aromatic heterocycles. The molecule has 5 nitrogen and oxygen atoms in total. The molecule has 1 saturated heterocycles. The van der Waals surface area contributed by atoms with Crippen molar-refractivity contribution in [2.45, 2.75) is 19.4 Å². The van der Waals surface area contributed by atoms with Gasteiger partial charge in [0, 0.05) is 26.3 Å². The van der Waals surface area contributed by atoms with Gasteiger partial charge in [-0.25, -0.2) is 9.37 Å². The second kappa shape index (κ2) is 7.33. The number of rotatable bonds is 6. The topological polar surface area (TPSA) is 71.5 Å². The number of carbonyl (C=O) groups is 1. The summed E-state index contributed by atoms with van der Waals surface area (Å²) in [6.07, 6.45) is 1.58. The van der Waals surface area contributed by atoms with E-state index in [1.165, 1.54) is 23.5 Å². The molecule has 0 radical (unpaired) electrons. The van der Waals surface area contributed by atoms with Gasteiger partial charge in [-0.2, -0.15) is 0 Å². The molecule has 23 heavy (non-hydrogen) atoms. The molecule has 0 bridgehead atoms. The molecular weight excluding hydrogens is 319 g/mol. The number of thiazole rings is 1. The van der Waals surface area contributed by atoms with Crippen LogP contribution in [0, 0.1) is 17.7 Å². The number of fused-ring (bicyclic) bond motifs is 1. The molecule has 1 aliphatic rings. The molecule has 1 aliphatic heterocycles. The van der Waals surface area contributed by atoms with Crippen molar-refractivity contribution in [1.82, 2.24) is 10.3 Å². The molecule has 1 fully saturated rings. The summed E-state index contributed by atoms with van der Waals surface area (Å²) in [5.41, 5.74) is 0.771. The van der Waals surface area contributed by atoms with Crippen molar-refractivity contribution in [3.8, 4) is 0 Å². The van der Waals surface area contributed by atoms with Gasteiger partial charge < -0.3 is 15.2 Å². The molecule has 1 atom stereocenters. The van der Waals surface area contributed by atoms with Crippen molar-refractivity contribution in [2.24, 2.45) is 11.8 Å². The van der Waals surface area contributed by atoms with Crippen LogP contribution in [0.3, 0.4) is 0 Å². The lowest BCUT2D eigenvalue weighted by Gasteiger charge is -2.27. The Kier molecular flexibility index (Phi) is 5.20. The van der Waals surface area contributed by atoms with Crippen LogP contribution in [0.1, 0.15) is 17.8 Å². The first-order chi connectivity index (χ1) is 11.1. The summed E-state index contributed by atoms with van der Waals surface area (Å²) in [4.78, 5) is 15.9. The summed E-state index contributed by atoms with van der Waals surface area (Å²) in [7, 11) is 0. The smallest absolute Gasteiger partial charge is 0.308 e. The Morgan fingerprint density at radius 1 is 1.48 bits per heavy atom. The molecule has 124 valence electrons. The largest absolute Gasteiger partial charge is 0.481 e. The van der Waals surface area contributed by atoms with Gasteiger partial charge in [0.05, 0.1) is 16.1 Å². The lowest BCUT2D eigenvalue weighted by Crippen LogP contribution is -2.36. The average Bonchev–Trinajstić information content (AvgIpc) is 2.94. The number of nitrogens with zero attached hydrogens (tertiary/aromatic N) is 1. The maximum absolute atomic E-state index is 13.2. The maximum Gasteiger partial charge on any atom is 0.308 e. The molecule has 2 N–H and O–H groups in total. The van der Waals surface area contributed by atoms with Crippen molar-refractivity contribution in [1.29, 1.82) is 0 Å². The number of nitrogens with one attached hydrogen (secondary N) is 1. The van der Waals surface area contributed by atoms with Crippen LogP contribution in [0.2, 0.25) is 0 Å². The van der Waals surface area contributed by atoms with Gasteiger partial charge in [-0.1, -0.05) is 0 Å². The molecule has 2 aromatic rings. The van der Waals surface area contributed by atoms with E-state index in [1.54, 1.807) is 6.07 Å². The number of aromatic nitrogens is 1. The van der Waals surface area contributed by atoms with Crippen molar-refractivity contribution in [2.75, 3.05) is 19.8 Å². The number of carboxylic acid groups (broad SMARTS) is 1. The fourth-order valence-electron chi connectivity index (χ4n) is 2.93. The fourth-order valence-corrected chi connectivity index (χ4v) is 3.89. The molecule has 1 aromatic carbocycles. The Labute approximate surface area is 137 Å². The quantitative estimate of drug-likeness (QED) is 0.847. The zero-order chi connectivity index (χ0) is 16.2. The molecule has 7 heteroatoms. The Balaban J connectivity index is 1.58. The zero-order valence-corrected chi connectivity index (χ0v) is 13.4. The second-order valence-corrected chi connectivity index (χ2v) is 6.86. The Morgan fingerprint density at radius 3 is 3.00 bits per heavy atom. The standard InChI is InChI=1S/C16H19FN2O3S/c17-11-1-2-13-14(7-11)23-15(19-13)9-18-8-12(16(20)21)10-3-5-22-6-4-10/h1-2,7,10,12,18H,3-6,8-9H2,(H,20,21). The van der Waals surface area contributed by atoms with Crippen molar-refractivity contribution in [3.05, 3.63) is 29.0 Å². The van der Waals surface area contributed by atoms with Crippen LogP contribution in [0.15, 0.2) is 18.2 Å². The van der Waals surface area contributed by atoms with Crippen LogP contribution in [-0.4, -0.2) is 35.8 Å². The lowest BCUT2D eigenvalue weighted by molar-refractivity contribution is -0.144.